The average molecular weight is 262 g/mol. The first-order chi connectivity index (χ1) is 6.20. The summed E-state index contributed by atoms with van der Waals surface area (Å²) in [5.41, 5.74) is 2.25. The molecule has 0 saturated carbocycles. The van der Waals surface area contributed by atoms with Crippen LogP contribution in [-0.4, -0.2) is 9.97 Å². The fraction of sp³-hybridized carbons (Fsp3) is 0.250. The van der Waals surface area contributed by atoms with Crippen LogP contribution in [0.5, 0.6) is 0 Å². The van der Waals surface area contributed by atoms with Crippen molar-refractivity contribution in [2.45, 2.75) is 12.3 Å². The molecular formula is C8H6BrClN2O. The Balaban J connectivity index is 2.75. The van der Waals surface area contributed by atoms with Crippen molar-refractivity contribution in [2.75, 3.05) is 0 Å². The Morgan fingerprint density at radius 2 is 2.31 bits per heavy atom. The first-order valence-corrected chi connectivity index (χ1v) is 5.19. The molecule has 5 heteroatoms. The molecule has 2 rings (SSSR count). The van der Waals surface area contributed by atoms with Gasteiger partial charge in [-0.05, 0) is 18.6 Å². The third-order valence-corrected chi connectivity index (χ3v) is 2.36. The zero-order valence-corrected chi connectivity index (χ0v) is 9.18. The first-order valence-electron chi connectivity index (χ1n) is 3.69. The number of halogens is 2. The van der Waals surface area contributed by atoms with E-state index in [0.29, 0.717) is 22.1 Å². The Kier molecular flexibility index (Phi) is 2.26. The van der Waals surface area contributed by atoms with Crippen molar-refractivity contribution in [1.82, 2.24) is 9.97 Å². The number of oxazole rings is 1. The van der Waals surface area contributed by atoms with Gasteiger partial charge in [0.2, 0.25) is 11.6 Å². The molecule has 0 aromatic carbocycles. The Hall–Kier alpha value is -0.610. The lowest BCUT2D eigenvalue weighted by Gasteiger charge is -1.92. The standard InChI is InChI=1S/C8H6BrClN2O/c1-4-2-5(10)11-8-7(4)12-6(3-9)13-8/h2H,3H2,1H3. The van der Waals surface area contributed by atoms with Crippen molar-refractivity contribution in [2.24, 2.45) is 0 Å². The van der Waals surface area contributed by atoms with Gasteiger partial charge in [-0.15, -0.1) is 0 Å². The number of rotatable bonds is 1. The molecule has 0 N–H and O–H groups in total. The number of alkyl halides is 1. The van der Waals surface area contributed by atoms with Crippen LogP contribution >= 0.6 is 27.5 Å². The van der Waals surface area contributed by atoms with Crippen molar-refractivity contribution in [3.05, 3.63) is 22.7 Å². The average Bonchev–Trinajstić information content (AvgIpc) is 2.47. The van der Waals surface area contributed by atoms with Gasteiger partial charge in [0.1, 0.15) is 10.7 Å². The number of aromatic nitrogens is 2. The maximum absolute atomic E-state index is 5.77. The van der Waals surface area contributed by atoms with Gasteiger partial charge in [0, 0.05) is 0 Å². The van der Waals surface area contributed by atoms with Crippen LogP contribution in [0.2, 0.25) is 5.15 Å². The molecule has 0 aliphatic heterocycles. The Labute approximate surface area is 88.2 Å². The van der Waals surface area contributed by atoms with Gasteiger partial charge in [-0.3, -0.25) is 0 Å². The van der Waals surface area contributed by atoms with E-state index in [9.17, 15) is 0 Å². The Morgan fingerprint density at radius 1 is 1.54 bits per heavy atom. The molecule has 0 aliphatic carbocycles. The van der Waals surface area contributed by atoms with Crippen molar-refractivity contribution in [3.63, 3.8) is 0 Å². The van der Waals surface area contributed by atoms with Crippen molar-refractivity contribution >= 4 is 38.8 Å². The molecule has 0 aliphatic rings. The van der Waals surface area contributed by atoms with Crippen LogP contribution in [0.25, 0.3) is 11.2 Å². The lowest BCUT2D eigenvalue weighted by Crippen LogP contribution is -1.81. The predicted molar refractivity (Wildman–Crippen MR) is 54.2 cm³/mol. The van der Waals surface area contributed by atoms with Crippen molar-refractivity contribution in [1.29, 1.82) is 0 Å². The van der Waals surface area contributed by atoms with Crippen molar-refractivity contribution < 1.29 is 4.42 Å². The summed E-state index contributed by atoms with van der Waals surface area (Å²) in [5, 5.41) is 1.02. The van der Waals surface area contributed by atoms with Gasteiger partial charge in [0.25, 0.3) is 0 Å². The highest BCUT2D eigenvalue weighted by Gasteiger charge is 2.09. The summed E-state index contributed by atoms with van der Waals surface area (Å²) in [6.07, 6.45) is 0. The van der Waals surface area contributed by atoms with Crippen LogP contribution in [0.1, 0.15) is 11.5 Å². The maximum atomic E-state index is 5.77. The van der Waals surface area contributed by atoms with Gasteiger partial charge in [-0.1, -0.05) is 27.5 Å². The molecule has 0 fully saturated rings. The SMILES string of the molecule is Cc1cc(Cl)nc2oc(CBr)nc12. The fourth-order valence-electron chi connectivity index (χ4n) is 1.12. The number of hydrogen-bond acceptors (Lipinski definition) is 3. The minimum atomic E-state index is 0.433. The second kappa shape index (κ2) is 3.27. The van der Waals surface area contributed by atoms with E-state index in [1.807, 2.05) is 6.92 Å². The predicted octanol–water partition coefficient (Wildman–Crippen LogP) is 3.08. The molecule has 2 aromatic rings. The smallest absolute Gasteiger partial charge is 0.248 e. The third kappa shape index (κ3) is 1.56. The van der Waals surface area contributed by atoms with Crippen LogP contribution < -0.4 is 0 Å². The minimum Gasteiger partial charge on any atom is -0.421 e. The summed E-state index contributed by atoms with van der Waals surface area (Å²) >= 11 is 9.03. The second-order valence-electron chi connectivity index (χ2n) is 2.66. The van der Waals surface area contributed by atoms with E-state index in [-0.39, 0.29) is 0 Å². The summed E-state index contributed by atoms with van der Waals surface area (Å²) in [7, 11) is 0. The molecule has 0 unspecified atom stereocenters. The lowest BCUT2D eigenvalue weighted by atomic mass is 10.3. The maximum Gasteiger partial charge on any atom is 0.248 e. The highest BCUT2D eigenvalue weighted by atomic mass is 79.9. The zero-order valence-electron chi connectivity index (χ0n) is 6.84. The van der Waals surface area contributed by atoms with Gasteiger partial charge < -0.3 is 4.42 Å². The summed E-state index contributed by atoms with van der Waals surface area (Å²) in [6, 6.07) is 1.77. The number of pyridine rings is 1. The van der Waals surface area contributed by atoms with E-state index in [0.717, 1.165) is 11.1 Å². The van der Waals surface area contributed by atoms with E-state index in [1.54, 1.807) is 6.07 Å². The molecule has 0 radical (unpaired) electrons. The topological polar surface area (TPSA) is 38.9 Å². The largest absolute Gasteiger partial charge is 0.421 e. The van der Waals surface area contributed by atoms with Gasteiger partial charge in [-0.25, -0.2) is 4.98 Å². The molecule has 0 bridgehead atoms. The minimum absolute atomic E-state index is 0.433. The van der Waals surface area contributed by atoms with Crippen LogP contribution in [-0.2, 0) is 5.33 Å². The highest BCUT2D eigenvalue weighted by Crippen LogP contribution is 2.21. The van der Waals surface area contributed by atoms with Gasteiger partial charge >= 0.3 is 0 Å². The number of aryl methyl sites for hydroxylation is 1. The van der Waals surface area contributed by atoms with Gasteiger partial charge in [-0.2, -0.15) is 4.98 Å². The Bertz CT molecular complexity index is 455. The summed E-state index contributed by atoms with van der Waals surface area (Å²) in [4.78, 5) is 8.26. The van der Waals surface area contributed by atoms with E-state index in [4.69, 9.17) is 16.0 Å². The van der Waals surface area contributed by atoms with Gasteiger partial charge in [0.15, 0.2) is 0 Å². The summed E-state index contributed by atoms with van der Waals surface area (Å²) in [5.74, 6) is 0.618. The number of hydrogen-bond donors (Lipinski definition) is 0. The number of fused-ring (bicyclic) bond motifs is 1. The lowest BCUT2D eigenvalue weighted by molar-refractivity contribution is 0.548. The molecule has 0 saturated heterocycles. The molecule has 3 nitrogen and oxygen atoms in total. The third-order valence-electron chi connectivity index (χ3n) is 1.69. The first kappa shape index (κ1) is 8.97. The van der Waals surface area contributed by atoms with Crippen molar-refractivity contribution in [3.8, 4) is 0 Å². The summed E-state index contributed by atoms with van der Waals surface area (Å²) < 4.78 is 5.33. The van der Waals surface area contributed by atoms with Crippen LogP contribution in [0.4, 0.5) is 0 Å². The second-order valence-corrected chi connectivity index (χ2v) is 3.60. The monoisotopic (exact) mass is 260 g/mol. The Morgan fingerprint density at radius 3 is 3.00 bits per heavy atom. The van der Waals surface area contributed by atoms with E-state index < -0.39 is 0 Å². The van der Waals surface area contributed by atoms with Crippen LogP contribution in [0.15, 0.2) is 10.5 Å². The van der Waals surface area contributed by atoms with E-state index in [1.165, 1.54) is 0 Å². The molecule has 0 spiro atoms. The number of nitrogens with zero attached hydrogens (tertiary/aromatic N) is 2. The zero-order chi connectivity index (χ0) is 9.42. The highest BCUT2D eigenvalue weighted by molar-refractivity contribution is 9.08. The molecule has 68 valence electrons. The quantitative estimate of drug-likeness (QED) is 0.585. The molecular weight excluding hydrogens is 255 g/mol. The normalized spacial score (nSPS) is 11.0. The van der Waals surface area contributed by atoms with Crippen LogP contribution in [0, 0.1) is 6.92 Å². The summed E-state index contributed by atoms with van der Waals surface area (Å²) in [6.45, 7) is 1.93. The van der Waals surface area contributed by atoms with Crippen LogP contribution in [0.3, 0.4) is 0 Å². The fourth-order valence-corrected chi connectivity index (χ4v) is 1.60. The molecule has 2 heterocycles. The van der Waals surface area contributed by atoms with E-state index in [2.05, 4.69) is 25.9 Å². The van der Waals surface area contributed by atoms with E-state index >= 15 is 0 Å². The molecule has 2 aromatic heterocycles. The molecule has 0 amide bonds. The molecule has 0 atom stereocenters. The van der Waals surface area contributed by atoms with Gasteiger partial charge in [0.05, 0.1) is 5.33 Å². The molecule has 13 heavy (non-hydrogen) atoms.